The Bertz CT molecular complexity index is 520. The molecule has 0 aliphatic carbocycles. The summed E-state index contributed by atoms with van der Waals surface area (Å²) >= 11 is 0. The topological polar surface area (TPSA) is 39.1 Å². The van der Waals surface area contributed by atoms with E-state index in [0.717, 1.165) is 6.54 Å². The van der Waals surface area contributed by atoms with Gasteiger partial charge in [0.15, 0.2) is 0 Å². The zero-order valence-corrected chi connectivity index (χ0v) is 10.4. The van der Waals surface area contributed by atoms with Crippen molar-refractivity contribution in [1.29, 1.82) is 0 Å². The highest BCUT2D eigenvalue weighted by Crippen LogP contribution is 2.21. The van der Waals surface area contributed by atoms with Gasteiger partial charge in [-0.1, -0.05) is 32.0 Å². The van der Waals surface area contributed by atoms with Crippen LogP contribution in [0.1, 0.15) is 19.4 Å². The fraction of sp³-hybridized carbons (Fsp3) is 0.357. The van der Waals surface area contributed by atoms with Crippen molar-refractivity contribution in [3.8, 4) is 0 Å². The second kappa shape index (κ2) is 6.02. The molecule has 2 aromatic rings. The van der Waals surface area contributed by atoms with Gasteiger partial charge in [0, 0.05) is 23.6 Å². The number of aromatic nitrogens is 1. The monoisotopic (exact) mass is 231 g/mol. The number of benzene rings is 1. The van der Waals surface area contributed by atoms with Crippen molar-refractivity contribution < 1.29 is 9.59 Å². The highest BCUT2D eigenvalue weighted by atomic mass is 16.2. The molecule has 1 heterocycles. The van der Waals surface area contributed by atoms with Crippen molar-refractivity contribution in [3.05, 3.63) is 36.0 Å². The van der Waals surface area contributed by atoms with E-state index in [4.69, 9.17) is 9.59 Å². The van der Waals surface area contributed by atoms with E-state index in [0.29, 0.717) is 5.92 Å². The van der Waals surface area contributed by atoms with Crippen LogP contribution in [0.5, 0.6) is 0 Å². The average molecular weight is 231 g/mol. The summed E-state index contributed by atoms with van der Waals surface area (Å²) < 4.78 is 2.36. The summed E-state index contributed by atoms with van der Waals surface area (Å²) in [5.74, 6) is 0.699. The molecule has 0 bridgehead atoms. The van der Waals surface area contributed by atoms with E-state index >= 15 is 0 Å². The van der Waals surface area contributed by atoms with Gasteiger partial charge in [0.1, 0.15) is 0 Å². The number of aryl methyl sites for hydroxylation is 1. The number of hydrogen-bond acceptors (Lipinski definition) is 2. The lowest BCUT2D eigenvalue weighted by Crippen LogP contribution is -2.02. The molecule has 0 saturated heterocycles. The number of hydrogen-bond donors (Lipinski definition) is 0. The molecule has 0 aliphatic heterocycles. The molecule has 90 valence electrons. The van der Waals surface area contributed by atoms with E-state index in [2.05, 4.69) is 55.8 Å². The first-order valence-corrected chi connectivity index (χ1v) is 5.64. The molecule has 0 aliphatic rings. The van der Waals surface area contributed by atoms with Gasteiger partial charge in [-0.15, -0.1) is 0 Å². The van der Waals surface area contributed by atoms with Crippen LogP contribution in [-0.2, 0) is 16.1 Å². The molecule has 1 aromatic carbocycles. The molecule has 1 aromatic heterocycles. The summed E-state index contributed by atoms with van der Waals surface area (Å²) in [6.07, 6.45) is 2.50. The van der Waals surface area contributed by atoms with Crippen molar-refractivity contribution in [3.63, 3.8) is 0 Å². The lowest BCUT2D eigenvalue weighted by molar-refractivity contribution is -0.191. The van der Waals surface area contributed by atoms with E-state index in [1.807, 2.05) is 0 Å². The van der Waals surface area contributed by atoms with Gasteiger partial charge < -0.3 is 4.57 Å². The fourth-order valence-corrected chi connectivity index (χ4v) is 1.97. The summed E-state index contributed by atoms with van der Waals surface area (Å²) in [5, 5.41) is 1.38. The summed E-state index contributed by atoms with van der Waals surface area (Å²) in [7, 11) is 0. The van der Waals surface area contributed by atoms with Crippen molar-refractivity contribution >= 4 is 17.1 Å². The minimum absolute atomic E-state index is 0.250. The van der Waals surface area contributed by atoms with Crippen molar-refractivity contribution in [1.82, 2.24) is 4.57 Å². The molecule has 3 heteroatoms. The quantitative estimate of drug-likeness (QED) is 0.797. The number of nitrogens with zero attached hydrogens (tertiary/aromatic N) is 1. The Morgan fingerprint density at radius 2 is 1.82 bits per heavy atom. The molecule has 0 N–H and O–H groups in total. The van der Waals surface area contributed by atoms with Gasteiger partial charge in [0.05, 0.1) is 0 Å². The molecule has 3 nitrogen and oxygen atoms in total. The molecule has 0 saturated carbocycles. The van der Waals surface area contributed by atoms with Crippen LogP contribution in [0.25, 0.3) is 10.9 Å². The van der Waals surface area contributed by atoms with Crippen molar-refractivity contribution in [2.24, 2.45) is 5.92 Å². The summed E-state index contributed by atoms with van der Waals surface area (Å²) in [5.41, 5.74) is 2.74. The maximum atomic E-state index is 8.12. The van der Waals surface area contributed by atoms with Gasteiger partial charge in [-0.2, -0.15) is 9.59 Å². The van der Waals surface area contributed by atoms with Gasteiger partial charge in [0.25, 0.3) is 0 Å². The van der Waals surface area contributed by atoms with Gasteiger partial charge in [-0.25, -0.2) is 0 Å². The van der Waals surface area contributed by atoms with Crippen LogP contribution in [0.2, 0.25) is 0 Å². The first-order chi connectivity index (χ1) is 8.10. The number of rotatable bonds is 2. The number of para-hydroxylation sites is 1. The van der Waals surface area contributed by atoms with Crippen molar-refractivity contribution in [2.45, 2.75) is 27.3 Å². The van der Waals surface area contributed by atoms with Gasteiger partial charge in [-0.05, 0) is 24.5 Å². The average Bonchev–Trinajstić information content (AvgIpc) is 2.57. The molecule has 0 atom stereocenters. The van der Waals surface area contributed by atoms with E-state index in [-0.39, 0.29) is 6.15 Å². The highest BCUT2D eigenvalue weighted by molar-refractivity contribution is 5.83. The molecule has 17 heavy (non-hydrogen) atoms. The first kappa shape index (κ1) is 13.2. The smallest absolute Gasteiger partial charge is 0.347 e. The Morgan fingerprint density at radius 3 is 2.41 bits per heavy atom. The highest BCUT2D eigenvalue weighted by Gasteiger charge is 2.04. The Morgan fingerprint density at radius 1 is 1.24 bits per heavy atom. The molecule has 0 unspecified atom stereocenters. The maximum absolute atomic E-state index is 8.12. The van der Waals surface area contributed by atoms with E-state index < -0.39 is 0 Å². The molecule has 2 rings (SSSR count). The van der Waals surface area contributed by atoms with Crippen LogP contribution in [0.15, 0.2) is 30.5 Å². The molecule has 0 spiro atoms. The summed E-state index contributed by atoms with van der Waals surface area (Å²) in [6, 6.07) is 8.61. The van der Waals surface area contributed by atoms with Gasteiger partial charge in [0.2, 0.25) is 0 Å². The van der Waals surface area contributed by atoms with Crippen LogP contribution in [0, 0.1) is 12.8 Å². The van der Waals surface area contributed by atoms with Crippen LogP contribution in [0.4, 0.5) is 0 Å². The van der Waals surface area contributed by atoms with Crippen LogP contribution >= 0.6 is 0 Å². The zero-order valence-electron chi connectivity index (χ0n) is 10.4. The molecule has 0 radical (unpaired) electrons. The zero-order chi connectivity index (χ0) is 12.8. The molecule has 0 amide bonds. The standard InChI is InChI=1S/C13H17N.CO2/c1-10(2)8-14-9-11(3)12-6-4-5-7-13(12)14;2-1-3/h4-7,9-10H,8H2,1-3H3;. The van der Waals surface area contributed by atoms with E-state index in [1.54, 1.807) is 0 Å². The van der Waals surface area contributed by atoms with Crippen LogP contribution in [-0.4, -0.2) is 10.7 Å². The summed E-state index contributed by atoms with van der Waals surface area (Å²) in [4.78, 5) is 16.2. The fourth-order valence-electron chi connectivity index (χ4n) is 1.97. The third-order valence-electron chi connectivity index (χ3n) is 2.55. The molecule has 0 fully saturated rings. The second-order valence-corrected chi connectivity index (χ2v) is 4.46. The first-order valence-electron chi connectivity index (χ1n) is 5.64. The van der Waals surface area contributed by atoms with Crippen LogP contribution in [0.3, 0.4) is 0 Å². The minimum Gasteiger partial charge on any atom is -0.347 e. The van der Waals surface area contributed by atoms with Gasteiger partial charge >= 0.3 is 6.15 Å². The predicted octanol–water partition coefficient (Wildman–Crippen LogP) is 3.02. The largest absolute Gasteiger partial charge is 0.373 e. The third kappa shape index (κ3) is 3.30. The number of carbonyl (C=O) groups excluding carboxylic acids is 2. The Balaban J connectivity index is 0.000000437. The van der Waals surface area contributed by atoms with Crippen molar-refractivity contribution in [2.75, 3.05) is 0 Å². The maximum Gasteiger partial charge on any atom is 0.373 e. The Labute approximate surface area is 101 Å². The molecular formula is C14H17NO2. The third-order valence-corrected chi connectivity index (χ3v) is 2.55. The number of fused-ring (bicyclic) bond motifs is 1. The van der Waals surface area contributed by atoms with Crippen LogP contribution < -0.4 is 0 Å². The minimum atomic E-state index is 0.250. The Kier molecular flexibility index (Phi) is 4.68. The predicted molar refractivity (Wildman–Crippen MR) is 66.5 cm³/mol. The Hall–Kier alpha value is -1.86. The van der Waals surface area contributed by atoms with E-state index in [1.165, 1.54) is 16.5 Å². The second-order valence-electron chi connectivity index (χ2n) is 4.46. The molecular weight excluding hydrogens is 214 g/mol. The lowest BCUT2D eigenvalue weighted by atomic mass is 10.2. The lowest BCUT2D eigenvalue weighted by Gasteiger charge is -2.07. The summed E-state index contributed by atoms with van der Waals surface area (Å²) in [6.45, 7) is 7.79. The van der Waals surface area contributed by atoms with Gasteiger partial charge in [-0.3, -0.25) is 0 Å². The SMILES string of the molecule is Cc1cn(CC(C)C)c2ccccc12.O=C=O. The normalized spacial score (nSPS) is 9.88. The van der Waals surface area contributed by atoms with E-state index in [9.17, 15) is 0 Å².